The molecule has 0 saturated carbocycles. The summed E-state index contributed by atoms with van der Waals surface area (Å²) in [5.41, 5.74) is 1.77. The second-order valence-corrected chi connectivity index (χ2v) is 5.38. The van der Waals surface area contributed by atoms with Crippen molar-refractivity contribution in [3.8, 4) is 5.75 Å². The van der Waals surface area contributed by atoms with Crippen molar-refractivity contribution >= 4 is 5.91 Å². The van der Waals surface area contributed by atoms with Crippen LogP contribution in [0.4, 0.5) is 0 Å². The van der Waals surface area contributed by atoms with Crippen LogP contribution in [0.5, 0.6) is 5.75 Å². The smallest absolute Gasteiger partial charge is 0.260 e. The van der Waals surface area contributed by atoms with Crippen LogP contribution in [-0.2, 0) is 11.8 Å². The first-order valence-electron chi connectivity index (χ1n) is 7.11. The highest BCUT2D eigenvalue weighted by atomic mass is 16.5. The molecule has 1 fully saturated rings. The molecule has 0 aromatic carbocycles. The molecule has 6 nitrogen and oxygen atoms in total. The van der Waals surface area contributed by atoms with Crippen LogP contribution < -0.4 is 10.1 Å². The molecule has 1 saturated heterocycles. The second kappa shape index (κ2) is 6.26. The van der Waals surface area contributed by atoms with Gasteiger partial charge in [-0.25, -0.2) is 0 Å². The third kappa shape index (κ3) is 3.12. The Bertz CT molecular complexity index is 484. The van der Waals surface area contributed by atoms with Gasteiger partial charge in [-0.1, -0.05) is 0 Å². The number of aromatic nitrogens is 2. The first-order valence-corrected chi connectivity index (χ1v) is 7.11. The largest absolute Gasteiger partial charge is 0.480 e. The van der Waals surface area contributed by atoms with Gasteiger partial charge in [0, 0.05) is 26.2 Å². The van der Waals surface area contributed by atoms with E-state index in [0.29, 0.717) is 6.04 Å². The number of rotatable bonds is 4. The Morgan fingerprint density at radius 2 is 2.25 bits per heavy atom. The number of amides is 1. The average Bonchev–Trinajstić information content (AvgIpc) is 2.70. The minimum atomic E-state index is 0.0487. The van der Waals surface area contributed by atoms with Crippen LogP contribution in [0.1, 0.15) is 24.2 Å². The molecule has 0 aliphatic carbocycles. The Kier molecular flexibility index (Phi) is 4.65. The van der Waals surface area contributed by atoms with Crippen LogP contribution in [0, 0.1) is 13.8 Å². The number of likely N-dealkylation sites (tertiary alicyclic amines) is 1. The zero-order valence-electron chi connectivity index (χ0n) is 12.8. The molecule has 1 aromatic rings. The van der Waals surface area contributed by atoms with Gasteiger partial charge in [0.2, 0.25) is 0 Å². The van der Waals surface area contributed by atoms with Crippen molar-refractivity contribution < 1.29 is 9.53 Å². The molecule has 2 heterocycles. The summed E-state index contributed by atoms with van der Waals surface area (Å²) in [6.45, 7) is 5.52. The van der Waals surface area contributed by atoms with Gasteiger partial charge in [-0.3, -0.25) is 9.48 Å². The van der Waals surface area contributed by atoms with Gasteiger partial charge in [0.25, 0.3) is 5.91 Å². The highest BCUT2D eigenvalue weighted by Crippen LogP contribution is 2.21. The van der Waals surface area contributed by atoms with E-state index in [-0.39, 0.29) is 12.5 Å². The van der Waals surface area contributed by atoms with Crippen molar-refractivity contribution in [2.75, 3.05) is 26.7 Å². The maximum absolute atomic E-state index is 12.2. The van der Waals surface area contributed by atoms with Crippen LogP contribution in [0.25, 0.3) is 0 Å². The first-order chi connectivity index (χ1) is 9.52. The fourth-order valence-electron chi connectivity index (χ4n) is 2.63. The third-order valence-corrected chi connectivity index (χ3v) is 3.96. The van der Waals surface area contributed by atoms with Gasteiger partial charge in [-0.15, -0.1) is 0 Å². The molecule has 20 heavy (non-hydrogen) atoms. The SMILES string of the molecule is CN[C@@H]1CCCN(C(=O)COc2c(C)nn(C)c2C)C1. The number of hydrogen-bond donors (Lipinski definition) is 1. The Labute approximate surface area is 120 Å². The van der Waals surface area contributed by atoms with Crippen molar-refractivity contribution in [2.24, 2.45) is 7.05 Å². The maximum Gasteiger partial charge on any atom is 0.260 e. The summed E-state index contributed by atoms with van der Waals surface area (Å²) in [6, 6.07) is 0.398. The molecule has 1 amide bonds. The van der Waals surface area contributed by atoms with Crippen molar-refractivity contribution in [1.29, 1.82) is 0 Å². The van der Waals surface area contributed by atoms with E-state index in [1.165, 1.54) is 0 Å². The number of carbonyl (C=O) groups excluding carboxylic acids is 1. The molecule has 1 aromatic heterocycles. The lowest BCUT2D eigenvalue weighted by atomic mass is 10.1. The molecular weight excluding hydrogens is 256 g/mol. The summed E-state index contributed by atoms with van der Waals surface area (Å²) >= 11 is 0. The van der Waals surface area contributed by atoms with Gasteiger partial charge in [0.05, 0.1) is 5.69 Å². The number of likely N-dealkylation sites (N-methyl/N-ethyl adjacent to an activating group) is 1. The topological polar surface area (TPSA) is 59.4 Å². The predicted octanol–water partition coefficient (Wildman–Crippen LogP) is 0.626. The van der Waals surface area contributed by atoms with Gasteiger partial charge in [0.1, 0.15) is 5.69 Å². The molecule has 112 valence electrons. The van der Waals surface area contributed by atoms with Crippen LogP contribution in [0.15, 0.2) is 0 Å². The minimum absolute atomic E-state index is 0.0487. The number of nitrogens with one attached hydrogen (secondary N) is 1. The van der Waals surface area contributed by atoms with Gasteiger partial charge in [0.15, 0.2) is 12.4 Å². The van der Waals surface area contributed by atoms with Gasteiger partial charge in [-0.2, -0.15) is 5.10 Å². The van der Waals surface area contributed by atoms with Crippen LogP contribution in [-0.4, -0.2) is 53.4 Å². The molecule has 0 unspecified atom stereocenters. The van der Waals surface area contributed by atoms with Crippen LogP contribution in [0.2, 0.25) is 0 Å². The van der Waals surface area contributed by atoms with Crippen molar-refractivity contribution in [3.63, 3.8) is 0 Å². The monoisotopic (exact) mass is 280 g/mol. The molecule has 1 aliphatic heterocycles. The Morgan fingerprint density at radius 3 is 2.85 bits per heavy atom. The van der Waals surface area contributed by atoms with Gasteiger partial charge >= 0.3 is 0 Å². The molecule has 1 atom stereocenters. The highest BCUT2D eigenvalue weighted by Gasteiger charge is 2.23. The lowest BCUT2D eigenvalue weighted by molar-refractivity contribution is -0.134. The molecule has 2 rings (SSSR count). The fourth-order valence-corrected chi connectivity index (χ4v) is 2.63. The summed E-state index contributed by atoms with van der Waals surface area (Å²) in [5.74, 6) is 0.774. The summed E-state index contributed by atoms with van der Waals surface area (Å²) in [6.07, 6.45) is 2.17. The van der Waals surface area contributed by atoms with E-state index in [2.05, 4.69) is 10.4 Å². The quantitative estimate of drug-likeness (QED) is 0.878. The molecule has 0 bridgehead atoms. The maximum atomic E-state index is 12.2. The number of ether oxygens (including phenoxy) is 1. The molecule has 0 radical (unpaired) electrons. The van der Waals surface area contributed by atoms with E-state index < -0.39 is 0 Å². The zero-order chi connectivity index (χ0) is 14.7. The van der Waals surface area contributed by atoms with Crippen molar-refractivity contribution in [3.05, 3.63) is 11.4 Å². The van der Waals surface area contributed by atoms with Gasteiger partial charge < -0.3 is 15.0 Å². The number of hydrogen-bond acceptors (Lipinski definition) is 4. The zero-order valence-corrected chi connectivity index (χ0v) is 12.8. The molecule has 0 spiro atoms. The van der Waals surface area contributed by atoms with E-state index in [1.807, 2.05) is 32.8 Å². The Morgan fingerprint density at radius 1 is 1.50 bits per heavy atom. The number of nitrogens with zero attached hydrogens (tertiary/aromatic N) is 3. The Hall–Kier alpha value is -1.56. The molecule has 1 aliphatic rings. The second-order valence-electron chi connectivity index (χ2n) is 5.38. The Balaban J connectivity index is 1.91. The highest BCUT2D eigenvalue weighted by molar-refractivity contribution is 5.78. The molecular formula is C14H24N4O2. The number of aryl methyl sites for hydroxylation is 2. The van der Waals surface area contributed by atoms with E-state index in [9.17, 15) is 4.79 Å². The summed E-state index contributed by atoms with van der Waals surface area (Å²) in [5, 5.41) is 7.52. The summed E-state index contributed by atoms with van der Waals surface area (Å²) in [7, 11) is 3.82. The standard InChI is InChI=1S/C14H24N4O2/c1-10-14(11(2)17(4)16-10)20-9-13(19)18-7-5-6-12(8-18)15-3/h12,15H,5-9H2,1-4H3/t12-/m1/s1. The van der Waals surface area contributed by atoms with Crippen molar-refractivity contribution in [1.82, 2.24) is 20.0 Å². The summed E-state index contributed by atoms with van der Waals surface area (Å²) in [4.78, 5) is 14.1. The normalized spacial score (nSPS) is 19.2. The van der Waals surface area contributed by atoms with Crippen LogP contribution >= 0.6 is 0 Å². The number of carbonyl (C=O) groups is 1. The van der Waals surface area contributed by atoms with E-state index in [4.69, 9.17) is 4.74 Å². The molecule has 6 heteroatoms. The van der Waals surface area contributed by atoms with E-state index >= 15 is 0 Å². The predicted molar refractivity (Wildman–Crippen MR) is 76.8 cm³/mol. The number of piperidine rings is 1. The summed E-state index contributed by atoms with van der Waals surface area (Å²) < 4.78 is 7.45. The third-order valence-electron chi connectivity index (χ3n) is 3.96. The lowest BCUT2D eigenvalue weighted by Crippen LogP contribution is -2.48. The van der Waals surface area contributed by atoms with Crippen LogP contribution in [0.3, 0.4) is 0 Å². The lowest BCUT2D eigenvalue weighted by Gasteiger charge is -2.32. The van der Waals surface area contributed by atoms with Crippen molar-refractivity contribution in [2.45, 2.75) is 32.7 Å². The first kappa shape index (κ1) is 14.8. The minimum Gasteiger partial charge on any atom is -0.480 e. The van der Waals surface area contributed by atoms with E-state index in [1.54, 1.807) is 4.68 Å². The molecule has 1 N–H and O–H groups in total. The van der Waals surface area contributed by atoms with E-state index in [0.717, 1.165) is 43.1 Å². The fraction of sp³-hybridized carbons (Fsp3) is 0.714. The average molecular weight is 280 g/mol. The van der Waals surface area contributed by atoms with Gasteiger partial charge in [-0.05, 0) is 33.7 Å².